The zero-order valence-electron chi connectivity index (χ0n) is 15.4. The molecular weight excluding hydrogens is 328 g/mol. The van der Waals surface area contributed by atoms with E-state index in [2.05, 4.69) is 6.07 Å². The van der Waals surface area contributed by atoms with Gasteiger partial charge in [-0.25, -0.2) is 0 Å². The number of ether oxygens (including phenoxy) is 2. The number of nitrogens with zero attached hydrogens (tertiary/aromatic N) is 2. The van der Waals surface area contributed by atoms with Gasteiger partial charge in [-0.1, -0.05) is 29.8 Å². The minimum Gasteiger partial charge on any atom is -0.492 e. The van der Waals surface area contributed by atoms with Crippen molar-refractivity contribution in [1.82, 2.24) is 4.90 Å². The molecule has 1 atom stereocenters. The van der Waals surface area contributed by atoms with Crippen LogP contribution in [0.4, 0.5) is 0 Å². The van der Waals surface area contributed by atoms with Gasteiger partial charge in [0.15, 0.2) is 0 Å². The Hall–Kier alpha value is -2.55. The number of rotatable bonds is 10. The Labute approximate surface area is 155 Å². The zero-order valence-corrected chi connectivity index (χ0v) is 15.4. The third-order valence-corrected chi connectivity index (χ3v) is 3.93. The van der Waals surface area contributed by atoms with Crippen LogP contribution in [-0.2, 0) is 6.42 Å². The van der Waals surface area contributed by atoms with Crippen LogP contribution in [-0.4, -0.2) is 49.5 Å². The standard InChI is InChI=1S/C21H26N2O3/c1-17-3-7-20(8-4-17)25-14-13-23(2)15-19(24)16-26-21-9-5-18(6-10-21)11-12-22/h3-10,19,24H,11,13-16H2,1-2H3/t19-/m1/s1. The summed E-state index contributed by atoms with van der Waals surface area (Å²) in [4.78, 5) is 2.01. The van der Waals surface area contributed by atoms with Crippen molar-refractivity contribution in [2.24, 2.45) is 0 Å². The van der Waals surface area contributed by atoms with Gasteiger partial charge in [-0.15, -0.1) is 0 Å². The summed E-state index contributed by atoms with van der Waals surface area (Å²) in [5, 5.41) is 18.8. The SMILES string of the molecule is Cc1ccc(OCCN(C)C[C@@H](O)COc2ccc(CC#N)cc2)cc1. The van der Waals surface area contributed by atoms with Crippen LogP contribution in [0.15, 0.2) is 48.5 Å². The lowest BCUT2D eigenvalue weighted by Gasteiger charge is -2.21. The molecule has 0 fully saturated rings. The third-order valence-electron chi connectivity index (χ3n) is 3.93. The second-order valence-electron chi connectivity index (χ2n) is 6.37. The summed E-state index contributed by atoms with van der Waals surface area (Å²) in [5.41, 5.74) is 2.16. The van der Waals surface area contributed by atoms with Crippen molar-refractivity contribution in [1.29, 1.82) is 5.26 Å². The predicted molar refractivity (Wildman–Crippen MR) is 101 cm³/mol. The fraction of sp³-hybridized carbons (Fsp3) is 0.381. The zero-order chi connectivity index (χ0) is 18.8. The van der Waals surface area contributed by atoms with Crippen molar-refractivity contribution in [3.63, 3.8) is 0 Å². The Balaban J connectivity index is 1.64. The summed E-state index contributed by atoms with van der Waals surface area (Å²) in [7, 11) is 1.94. The van der Waals surface area contributed by atoms with E-state index in [4.69, 9.17) is 14.7 Å². The van der Waals surface area contributed by atoms with Crippen LogP contribution in [0.3, 0.4) is 0 Å². The van der Waals surface area contributed by atoms with E-state index in [1.165, 1.54) is 5.56 Å². The number of benzene rings is 2. The fourth-order valence-electron chi connectivity index (χ4n) is 2.44. The molecule has 0 heterocycles. The third kappa shape index (κ3) is 7.14. The van der Waals surface area contributed by atoms with Crippen LogP contribution in [0, 0.1) is 18.3 Å². The molecule has 2 aromatic carbocycles. The van der Waals surface area contributed by atoms with E-state index < -0.39 is 6.10 Å². The molecule has 0 aromatic heterocycles. The highest BCUT2D eigenvalue weighted by Gasteiger charge is 2.09. The first kappa shape index (κ1) is 19.8. The van der Waals surface area contributed by atoms with Crippen LogP contribution >= 0.6 is 0 Å². The first-order chi connectivity index (χ1) is 12.6. The van der Waals surface area contributed by atoms with Gasteiger partial charge in [0.05, 0.1) is 12.5 Å². The average Bonchev–Trinajstić information content (AvgIpc) is 2.63. The Kier molecular flexibility index (Phi) is 7.94. The minimum atomic E-state index is -0.585. The van der Waals surface area contributed by atoms with Crippen molar-refractivity contribution in [2.45, 2.75) is 19.4 Å². The van der Waals surface area contributed by atoms with Gasteiger partial charge in [0.25, 0.3) is 0 Å². The highest BCUT2D eigenvalue weighted by Crippen LogP contribution is 2.13. The lowest BCUT2D eigenvalue weighted by Crippen LogP contribution is -2.35. The van der Waals surface area contributed by atoms with Gasteiger partial charge in [-0.3, -0.25) is 0 Å². The summed E-state index contributed by atoms with van der Waals surface area (Å²) < 4.78 is 11.3. The molecule has 1 N–H and O–H groups in total. The first-order valence-corrected chi connectivity index (χ1v) is 8.71. The Bertz CT molecular complexity index is 693. The summed E-state index contributed by atoms with van der Waals surface area (Å²) in [6.07, 6.45) is -0.198. The lowest BCUT2D eigenvalue weighted by molar-refractivity contribution is 0.0723. The molecule has 0 aliphatic rings. The molecule has 0 saturated heterocycles. The van der Waals surface area contributed by atoms with E-state index in [0.29, 0.717) is 31.9 Å². The fourth-order valence-corrected chi connectivity index (χ4v) is 2.44. The number of hydrogen-bond donors (Lipinski definition) is 1. The molecule has 26 heavy (non-hydrogen) atoms. The normalized spacial score (nSPS) is 11.8. The Morgan fingerprint density at radius 3 is 2.31 bits per heavy atom. The summed E-state index contributed by atoms with van der Waals surface area (Å²) in [6, 6.07) is 17.4. The summed E-state index contributed by atoms with van der Waals surface area (Å²) in [5.74, 6) is 1.55. The minimum absolute atomic E-state index is 0.223. The van der Waals surface area contributed by atoms with Crippen LogP contribution in [0.1, 0.15) is 11.1 Å². The number of aryl methyl sites for hydroxylation is 1. The lowest BCUT2D eigenvalue weighted by atomic mass is 10.2. The van der Waals surface area contributed by atoms with Gasteiger partial charge in [-0.2, -0.15) is 5.26 Å². The van der Waals surface area contributed by atoms with E-state index in [1.54, 1.807) is 0 Å². The van der Waals surface area contributed by atoms with Gasteiger partial charge >= 0.3 is 0 Å². The van der Waals surface area contributed by atoms with Crippen molar-refractivity contribution >= 4 is 0 Å². The number of hydrogen-bond acceptors (Lipinski definition) is 5. The molecule has 0 bridgehead atoms. The van der Waals surface area contributed by atoms with Crippen LogP contribution < -0.4 is 9.47 Å². The van der Waals surface area contributed by atoms with Gasteiger partial charge in [0.1, 0.15) is 30.8 Å². The van der Waals surface area contributed by atoms with E-state index in [1.807, 2.05) is 67.4 Å². The molecule has 0 aliphatic heterocycles. The van der Waals surface area contributed by atoms with Gasteiger partial charge in [0, 0.05) is 13.1 Å². The highest BCUT2D eigenvalue weighted by molar-refractivity contribution is 5.28. The second kappa shape index (κ2) is 10.4. The number of nitriles is 1. The van der Waals surface area contributed by atoms with Crippen LogP contribution in [0.2, 0.25) is 0 Å². The Morgan fingerprint density at radius 1 is 1.04 bits per heavy atom. The molecule has 2 rings (SSSR count). The molecule has 0 unspecified atom stereocenters. The molecule has 138 valence electrons. The summed E-state index contributed by atoms with van der Waals surface area (Å²) in [6.45, 7) is 4.05. The molecule has 0 saturated carbocycles. The van der Waals surface area contributed by atoms with E-state index in [0.717, 1.165) is 11.3 Å². The number of likely N-dealkylation sites (N-methyl/N-ethyl adjacent to an activating group) is 1. The number of aliphatic hydroxyl groups is 1. The van der Waals surface area contributed by atoms with Crippen molar-refractivity contribution in [3.05, 3.63) is 59.7 Å². The van der Waals surface area contributed by atoms with E-state index in [9.17, 15) is 5.11 Å². The van der Waals surface area contributed by atoms with Crippen molar-refractivity contribution in [2.75, 3.05) is 33.4 Å². The van der Waals surface area contributed by atoms with Crippen LogP contribution in [0.5, 0.6) is 11.5 Å². The second-order valence-corrected chi connectivity index (χ2v) is 6.37. The van der Waals surface area contributed by atoms with E-state index >= 15 is 0 Å². The van der Waals surface area contributed by atoms with Gasteiger partial charge < -0.3 is 19.5 Å². The predicted octanol–water partition coefficient (Wildman–Crippen LogP) is 2.81. The largest absolute Gasteiger partial charge is 0.492 e. The smallest absolute Gasteiger partial charge is 0.119 e. The molecule has 5 nitrogen and oxygen atoms in total. The first-order valence-electron chi connectivity index (χ1n) is 8.71. The Morgan fingerprint density at radius 2 is 1.65 bits per heavy atom. The maximum atomic E-state index is 10.1. The highest BCUT2D eigenvalue weighted by atomic mass is 16.5. The van der Waals surface area contributed by atoms with Gasteiger partial charge in [0.2, 0.25) is 0 Å². The number of aliphatic hydroxyl groups excluding tert-OH is 1. The molecule has 0 spiro atoms. The van der Waals surface area contributed by atoms with E-state index in [-0.39, 0.29) is 6.61 Å². The molecular formula is C21H26N2O3. The quantitative estimate of drug-likeness (QED) is 0.711. The van der Waals surface area contributed by atoms with Crippen LogP contribution in [0.25, 0.3) is 0 Å². The molecule has 0 radical (unpaired) electrons. The summed E-state index contributed by atoms with van der Waals surface area (Å²) >= 11 is 0. The van der Waals surface area contributed by atoms with Crippen molar-refractivity contribution in [3.8, 4) is 17.6 Å². The molecule has 0 aliphatic carbocycles. The maximum Gasteiger partial charge on any atom is 0.119 e. The molecule has 0 amide bonds. The molecule has 2 aromatic rings. The van der Waals surface area contributed by atoms with Crippen molar-refractivity contribution < 1.29 is 14.6 Å². The monoisotopic (exact) mass is 354 g/mol. The maximum absolute atomic E-state index is 10.1. The topological polar surface area (TPSA) is 65.7 Å². The molecule has 5 heteroatoms. The van der Waals surface area contributed by atoms with Gasteiger partial charge in [-0.05, 0) is 43.8 Å². The average molecular weight is 354 g/mol.